The van der Waals surface area contributed by atoms with Crippen LogP contribution in [0.25, 0.3) is 0 Å². The summed E-state index contributed by atoms with van der Waals surface area (Å²) in [5.74, 6) is 1.00. The van der Waals surface area contributed by atoms with Crippen LogP contribution in [0.15, 0.2) is 22.8 Å². The van der Waals surface area contributed by atoms with Gasteiger partial charge in [0, 0.05) is 25.7 Å². The van der Waals surface area contributed by atoms with Gasteiger partial charge in [-0.2, -0.15) is 0 Å². The summed E-state index contributed by atoms with van der Waals surface area (Å²) in [5.41, 5.74) is 0. The van der Waals surface area contributed by atoms with Crippen molar-refractivity contribution in [1.29, 1.82) is 0 Å². The minimum absolute atomic E-state index is 0.394. The van der Waals surface area contributed by atoms with Crippen molar-refractivity contribution in [3.63, 3.8) is 0 Å². The summed E-state index contributed by atoms with van der Waals surface area (Å²) < 4.78 is 10.7. The van der Waals surface area contributed by atoms with E-state index in [0.717, 1.165) is 31.5 Å². The Kier molecular flexibility index (Phi) is 4.59. The van der Waals surface area contributed by atoms with Gasteiger partial charge >= 0.3 is 0 Å². The van der Waals surface area contributed by atoms with Crippen molar-refractivity contribution in [1.82, 2.24) is 10.2 Å². The summed E-state index contributed by atoms with van der Waals surface area (Å²) in [6, 6.07) is 5.07. The number of hydrogen-bond acceptors (Lipinski definition) is 4. The predicted molar refractivity (Wildman–Crippen MR) is 66.9 cm³/mol. The maximum Gasteiger partial charge on any atom is 0.117 e. The van der Waals surface area contributed by atoms with Gasteiger partial charge in [0.25, 0.3) is 0 Å². The molecule has 4 heteroatoms. The second-order valence-corrected chi connectivity index (χ2v) is 4.79. The Morgan fingerprint density at radius 1 is 1.59 bits per heavy atom. The molecule has 1 fully saturated rings. The molecule has 1 saturated carbocycles. The van der Waals surface area contributed by atoms with E-state index >= 15 is 0 Å². The second-order valence-electron chi connectivity index (χ2n) is 4.79. The number of ether oxygens (including phenoxy) is 1. The summed E-state index contributed by atoms with van der Waals surface area (Å²) in [4.78, 5) is 2.28. The summed E-state index contributed by atoms with van der Waals surface area (Å²) in [6.45, 7) is 2.56. The molecule has 2 rings (SSSR count). The van der Waals surface area contributed by atoms with Crippen molar-refractivity contribution in [2.45, 2.75) is 31.5 Å². The lowest BCUT2D eigenvalue weighted by atomic mass is 10.2. The molecular formula is C13H22N2O2. The molecule has 1 aliphatic carbocycles. The topological polar surface area (TPSA) is 37.6 Å². The van der Waals surface area contributed by atoms with Crippen LogP contribution in [-0.4, -0.2) is 44.3 Å². The monoisotopic (exact) mass is 238 g/mol. The number of furan rings is 1. The Hall–Kier alpha value is -0.840. The van der Waals surface area contributed by atoms with Crippen LogP contribution >= 0.6 is 0 Å². The third-order valence-corrected chi connectivity index (χ3v) is 3.19. The Balaban J connectivity index is 1.79. The third kappa shape index (κ3) is 4.15. The predicted octanol–water partition coefficient (Wildman–Crippen LogP) is 1.48. The lowest BCUT2D eigenvalue weighted by Gasteiger charge is -2.27. The van der Waals surface area contributed by atoms with Crippen LogP contribution in [0.3, 0.4) is 0 Å². The highest BCUT2D eigenvalue weighted by Crippen LogP contribution is 2.18. The van der Waals surface area contributed by atoms with Crippen LogP contribution in [0, 0.1) is 0 Å². The van der Waals surface area contributed by atoms with E-state index in [-0.39, 0.29) is 0 Å². The highest BCUT2D eigenvalue weighted by atomic mass is 16.5. The van der Waals surface area contributed by atoms with E-state index in [1.165, 1.54) is 12.8 Å². The van der Waals surface area contributed by atoms with E-state index < -0.39 is 0 Å². The van der Waals surface area contributed by atoms with Gasteiger partial charge in [-0.1, -0.05) is 0 Å². The Bertz CT molecular complexity index is 309. The Morgan fingerprint density at radius 3 is 3.00 bits per heavy atom. The van der Waals surface area contributed by atoms with E-state index in [4.69, 9.17) is 9.15 Å². The zero-order valence-electron chi connectivity index (χ0n) is 10.7. The number of likely N-dealkylation sites (N-methyl/N-ethyl adjacent to an activating group) is 1. The van der Waals surface area contributed by atoms with Crippen molar-refractivity contribution in [3.05, 3.63) is 24.2 Å². The fourth-order valence-corrected chi connectivity index (χ4v) is 1.90. The Labute approximate surface area is 103 Å². The molecule has 1 aromatic rings. The minimum atomic E-state index is 0.394. The minimum Gasteiger partial charge on any atom is -0.468 e. The van der Waals surface area contributed by atoms with E-state index in [0.29, 0.717) is 6.04 Å². The normalized spacial score (nSPS) is 17.6. The molecule has 4 nitrogen and oxygen atoms in total. The summed E-state index contributed by atoms with van der Waals surface area (Å²) in [5, 5.41) is 3.55. The van der Waals surface area contributed by atoms with E-state index in [1.54, 1.807) is 13.4 Å². The zero-order valence-corrected chi connectivity index (χ0v) is 10.7. The van der Waals surface area contributed by atoms with Crippen molar-refractivity contribution in [3.8, 4) is 0 Å². The third-order valence-electron chi connectivity index (χ3n) is 3.19. The van der Waals surface area contributed by atoms with Gasteiger partial charge in [-0.25, -0.2) is 0 Å². The van der Waals surface area contributed by atoms with Gasteiger partial charge in [0.15, 0.2) is 0 Å². The first-order chi connectivity index (χ1) is 8.29. The molecular weight excluding hydrogens is 216 g/mol. The largest absolute Gasteiger partial charge is 0.468 e. The molecule has 0 amide bonds. The molecule has 0 spiro atoms. The fourth-order valence-electron chi connectivity index (χ4n) is 1.90. The van der Waals surface area contributed by atoms with Gasteiger partial charge in [0.05, 0.1) is 19.4 Å². The van der Waals surface area contributed by atoms with Gasteiger partial charge in [-0.3, -0.25) is 4.90 Å². The molecule has 0 radical (unpaired) electrons. The molecule has 1 aromatic heterocycles. The van der Waals surface area contributed by atoms with Gasteiger partial charge in [-0.05, 0) is 32.0 Å². The number of hydrogen-bond donors (Lipinski definition) is 1. The molecule has 0 bridgehead atoms. The van der Waals surface area contributed by atoms with Gasteiger partial charge in [-0.15, -0.1) is 0 Å². The van der Waals surface area contributed by atoms with E-state index in [9.17, 15) is 0 Å². The van der Waals surface area contributed by atoms with Gasteiger partial charge < -0.3 is 14.5 Å². The highest BCUT2D eigenvalue weighted by molar-refractivity contribution is 4.98. The molecule has 0 saturated heterocycles. The number of rotatable bonds is 8. The van der Waals surface area contributed by atoms with E-state index in [1.807, 2.05) is 12.1 Å². The van der Waals surface area contributed by atoms with Crippen LogP contribution in [0.5, 0.6) is 0 Å². The van der Waals surface area contributed by atoms with Crippen LogP contribution in [0.4, 0.5) is 0 Å². The molecule has 1 aliphatic rings. The van der Waals surface area contributed by atoms with Crippen molar-refractivity contribution in [2.24, 2.45) is 0 Å². The first-order valence-electron chi connectivity index (χ1n) is 6.24. The van der Waals surface area contributed by atoms with Crippen LogP contribution in [0.2, 0.25) is 0 Å². The van der Waals surface area contributed by atoms with Gasteiger partial charge in [0.1, 0.15) is 5.76 Å². The summed E-state index contributed by atoms with van der Waals surface area (Å²) >= 11 is 0. The van der Waals surface area contributed by atoms with Crippen molar-refractivity contribution in [2.75, 3.05) is 27.3 Å². The highest BCUT2D eigenvalue weighted by Gasteiger charge is 2.23. The second kappa shape index (κ2) is 6.19. The van der Waals surface area contributed by atoms with Crippen molar-refractivity contribution >= 4 is 0 Å². The molecule has 1 unspecified atom stereocenters. The van der Waals surface area contributed by atoms with E-state index in [2.05, 4.69) is 17.3 Å². The molecule has 0 aliphatic heterocycles. The fraction of sp³-hybridized carbons (Fsp3) is 0.692. The van der Waals surface area contributed by atoms with Crippen LogP contribution in [0.1, 0.15) is 18.6 Å². The first kappa shape index (κ1) is 12.6. The smallest absolute Gasteiger partial charge is 0.117 e. The molecule has 0 aromatic carbocycles. The molecule has 1 atom stereocenters. The molecule has 1 heterocycles. The zero-order chi connectivity index (χ0) is 12.1. The van der Waals surface area contributed by atoms with Crippen LogP contribution in [-0.2, 0) is 11.3 Å². The standard InChI is InChI=1S/C13H22N2O2/c1-15(9-13-4-3-7-17-13)12(10-16-2)8-14-11-5-6-11/h3-4,7,11-12,14H,5-6,8-10H2,1-2H3. The molecule has 1 N–H and O–H groups in total. The average Bonchev–Trinajstić information content (AvgIpc) is 3.01. The van der Waals surface area contributed by atoms with Crippen LogP contribution < -0.4 is 5.32 Å². The number of nitrogens with one attached hydrogen (secondary N) is 1. The lowest BCUT2D eigenvalue weighted by molar-refractivity contribution is 0.0970. The first-order valence-corrected chi connectivity index (χ1v) is 6.24. The number of methoxy groups -OCH3 is 1. The molecule has 17 heavy (non-hydrogen) atoms. The Morgan fingerprint density at radius 2 is 2.41 bits per heavy atom. The SMILES string of the molecule is COCC(CNC1CC1)N(C)Cc1ccco1. The molecule has 96 valence electrons. The number of nitrogens with zero attached hydrogens (tertiary/aromatic N) is 1. The quantitative estimate of drug-likeness (QED) is 0.744. The summed E-state index contributed by atoms with van der Waals surface area (Å²) in [7, 11) is 3.87. The van der Waals surface area contributed by atoms with Crippen molar-refractivity contribution < 1.29 is 9.15 Å². The maximum absolute atomic E-state index is 5.37. The van der Waals surface area contributed by atoms with Gasteiger partial charge in [0.2, 0.25) is 0 Å². The lowest BCUT2D eigenvalue weighted by Crippen LogP contribution is -2.43. The average molecular weight is 238 g/mol. The summed E-state index contributed by atoms with van der Waals surface area (Å²) in [6.07, 6.45) is 4.36. The maximum atomic E-state index is 5.37.